The fraction of sp³-hybridized carbons (Fsp3) is 0.385. The van der Waals surface area contributed by atoms with E-state index in [-0.39, 0.29) is 0 Å². The van der Waals surface area contributed by atoms with Crippen molar-refractivity contribution in [3.63, 3.8) is 0 Å². The molecule has 0 N–H and O–H groups in total. The van der Waals surface area contributed by atoms with E-state index in [2.05, 4.69) is 9.98 Å². The Bertz CT molecular complexity index is 425. The molecule has 1 rings (SSSR count). The van der Waals surface area contributed by atoms with Crippen LogP contribution in [0.25, 0.3) is 0 Å². The Kier molecular flexibility index (Phi) is 5.20. The van der Waals surface area contributed by atoms with Crippen LogP contribution in [0.15, 0.2) is 28.2 Å². The Morgan fingerprint density at radius 2 is 1.94 bits per heavy atom. The van der Waals surface area contributed by atoms with Crippen molar-refractivity contribution in [3.05, 3.63) is 23.8 Å². The van der Waals surface area contributed by atoms with E-state index in [1.165, 1.54) is 0 Å². The van der Waals surface area contributed by atoms with E-state index in [0.717, 1.165) is 29.3 Å². The summed E-state index contributed by atoms with van der Waals surface area (Å²) in [5.41, 5.74) is 1.12. The van der Waals surface area contributed by atoms with Gasteiger partial charge in [0.05, 0.1) is 14.2 Å². The van der Waals surface area contributed by atoms with Crippen molar-refractivity contribution in [2.45, 2.75) is 13.3 Å². The van der Waals surface area contributed by atoms with Crippen LogP contribution in [-0.4, -0.2) is 33.3 Å². The first-order valence-corrected chi connectivity index (χ1v) is 5.38. The molecular weight excluding hydrogens is 216 g/mol. The molecule has 0 aliphatic rings. The molecule has 4 nitrogen and oxygen atoms in total. The lowest BCUT2D eigenvalue weighted by molar-refractivity contribution is 0.354. The molecular formula is C13H18N2O2. The molecule has 0 saturated carbocycles. The van der Waals surface area contributed by atoms with E-state index < -0.39 is 0 Å². The largest absolute Gasteiger partial charge is 0.493 e. The van der Waals surface area contributed by atoms with Crippen molar-refractivity contribution >= 4 is 12.1 Å². The van der Waals surface area contributed by atoms with Crippen molar-refractivity contribution in [1.82, 2.24) is 0 Å². The molecule has 1 aromatic carbocycles. The van der Waals surface area contributed by atoms with Crippen LogP contribution in [0.1, 0.15) is 12.5 Å². The van der Waals surface area contributed by atoms with E-state index >= 15 is 0 Å². The Morgan fingerprint density at radius 1 is 1.24 bits per heavy atom. The van der Waals surface area contributed by atoms with Gasteiger partial charge in [0.15, 0.2) is 11.5 Å². The zero-order valence-electron chi connectivity index (χ0n) is 10.7. The summed E-state index contributed by atoms with van der Waals surface area (Å²) in [6, 6.07) is 5.83. The van der Waals surface area contributed by atoms with Gasteiger partial charge in [0.2, 0.25) is 0 Å². The maximum Gasteiger partial charge on any atom is 0.160 e. The van der Waals surface area contributed by atoms with Crippen molar-refractivity contribution in [1.29, 1.82) is 0 Å². The second-order valence-corrected chi connectivity index (χ2v) is 3.48. The van der Waals surface area contributed by atoms with Crippen LogP contribution in [0.2, 0.25) is 0 Å². The molecule has 0 unspecified atom stereocenters. The molecule has 0 heterocycles. The molecule has 0 spiro atoms. The zero-order chi connectivity index (χ0) is 12.7. The second kappa shape index (κ2) is 6.68. The molecule has 0 bridgehead atoms. The van der Waals surface area contributed by atoms with Crippen LogP contribution >= 0.6 is 0 Å². The predicted molar refractivity (Wildman–Crippen MR) is 70.8 cm³/mol. The van der Waals surface area contributed by atoms with E-state index in [9.17, 15) is 0 Å². The van der Waals surface area contributed by atoms with Gasteiger partial charge in [-0.25, -0.2) is 4.99 Å². The van der Waals surface area contributed by atoms with Gasteiger partial charge in [-0.3, -0.25) is 4.99 Å². The molecule has 0 aliphatic heterocycles. The summed E-state index contributed by atoms with van der Waals surface area (Å²) in [6.45, 7) is 1.87. The molecule has 0 aromatic heterocycles. The molecule has 0 aliphatic carbocycles. The van der Waals surface area contributed by atoms with Gasteiger partial charge in [0.25, 0.3) is 0 Å². The van der Waals surface area contributed by atoms with Gasteiger partial charge in [-0.2, -0.15) is 0 Å². The summed E-state index contributed by atoms with van der Waals surface area (Å²) < 4.78 is 10.4. The fourth-order valence-corrected chi connectivity index (χ4v) is 1.35. The quantitative estimate of drug-likeness (QED) is 0.593. The van der Waals surface area contributed by atoms with Gasteiger partial charge >= 0.3 is 0 Å². The standard InChI is InChI=1S/C13H18N2O2/c1-10(14-2)15-8-7-11-5-6-12(16-3)13(9-11)17-4/h5-6,8-9H,7H2,1-4H3. The number of aliphatic imine (C=N–C) groups is 2. The van der Waals surface area contributed by atoms with Crippen molar-refractivity contribution in [2.75, 3.05) is 21.3 Å². The minimum absolute atomic E-state index is 0.735. The van der Waals surface area contributed by atoms with Gasteiger partial charge < -0.3 is 9.47 Å². The van der Waals surface area contributed by atoms with Crippen molar-refractivity contribution in [3.8, 4) is 11.5 Å². The van der Waals surface area contributed by atoms with Crippen molar-refractivity contribution < 1.29 is 9.47 Å². The Morgan fingerprint density at radius 3 is 2.53 bits per heavy atom. The molecule has 17 heavy (non-hydrogen) atoms. The number of ether oxygens (including phenoxy) is 2. The normalized spacial score (nSPS) is 11.9. The Balaban J connectivity index is 2.76. The van der Waals surface area contributed by atoms with Crippen LogP contribution in [0.4, 0.5) is 0 Å². The lowest BCUT2D eigenvalue weighted by Crippen LogP contribution is -1.94. The van der Waals surface area contributed by atoms with Gasteiger partial charge in [-0.05, 0) is 24.6 Å². The summed E-state index contributed by atoms with van der Waals surface area (Å²) in [5, 5.41) is 0. The fourth-order valence-electron chi connectivity index (χ4n) is 1.35. The van der Waals surface area contributed by atoms with Gasteiger partial charge in [0, 0.05) is 19.7 Å². The molecule has 92 valence electrons. The molecule has 4 heteroatoms. The lowest BCUT2D eigenvalue weighted by Gasteiger charge is -2.08. The summed E-state index contributed by atoms with van der Waals surface area (Å²) in [5.74, 6) is 2.24. The third kappa shape index (κ3) is 3.90. The lowest BCUT2D eigenvalue weighted by atomic mass is 10.1. The first-order chi connectivity index (χ1) is 8.21. The number of hydrogen-bond acceptors (Lipinski definition) is 3. The number of methoxy groups -OCH3 is 2. The summed E-state index contributed by atoms with van der Waals surface area (Å²) in [4.78, 5) is 8.14. The maximum absolute atomic E-state index is 5.23. The SMILES string of the molecule is CN=C(C)N=CCc1ccc(OC)c(OC)c1. The van der Waals surface area contributed by atoms with E-state index in [1.807, 2.05) is 31.3 Å². The number of hydrogen-bond donors (Lipinski definition) is 0. The van der Waals surface area contributed by atoms with Gasteiger partial charge in [-0.15, -0.1) is 0 Å². The van der Waals surface area contributed by atoms with Gasteiger partial charge in [0.1, 0.15) is 5.84 Å². The Labute approximate surface area is 102 Å². The minimum Gasteiger partial charge on any atom is -0.493 e. The topological polar surface area (TPSA) is 43.2 Å². The average molecular weight is 234 g/mol. The number of rotatable bonds is 4. The third-order valence-electron chi connectivity index (χ3n) is 2.38. The van der Waals surface area contributed by atoms with E-state index in [0.29, 0.717) is 0 Å². The molecule has 0 saturated heterocycles. The second-order valence-electron chi connectivity index (χ2n) is 3.48. The molecule has 1 aromatic rings. The molecule has 0 radical (unpaired) electrons. The summed E-state index contributed by atoms with van der Waals surface area (Å²) >= 11 is 0. The Hall–Kier alpha value is -1.84. The van der Waals surface area contributed by atoms with Crippen LogP contribution in [0.3, 0.4) is 0 Å². The third-order valence-corrected chi connectivity index (χ3v) is 2.38. The first kappa shape index (κ1) is 13.2. The number of benzene rings is 1. The maximum atomic E-state index is 5.23. The van der Waals surface area contributed by atoms with Crippen LogP contribution in [-0.2, 0) is 6.42 Å². The van der Waals surface area contributed by atoms with Gasteiger partial charge in [-0.1, -0.05) is 6.07 Å². The highest BCUT2D eigenvalue weighted by molar-refractivity contribution is 5.87. The zero-order valence-corrected chi connectivity index (χ0v) is 10.7. The monoisotopic (exact) mass is 234 g/mol. The molecule has 0 amide bonds. The van der Waals surface area contributed by atoms with Crippen LogP contribution in [0, 0.1) is 0 Å². The smallest absolute Gasteiger partial charge is 0.160 e. The van der Waals surface area contributed by atoms with E-state index in [1.54, 1.807) is 21.3 Å². The van der Waals surface area contributed by atoms with Crippen LogP contribution < -0.4 is 9.47 Å². The molecule has 0 fully saturated rings. The number of nitrogens with zero attached hydrogens (tertiary/aromatic N) is 2. The molecule has 0 atom stereocenters. The first-order valence-electron chi connectivity index (χ1n) is 5.38. The predicted octanol–water partition coefficient (Wildman–Crippen LogP) is 2.37. The summed E-state index contributed by atoms with van der Waals surface area (Å²) in [7, 11) is 4.98. The highest BCUT2D eigenvalue weighted by Crippen LogP contribution is 2.27. The summed E-state index contributed by atoms with van der Waals surface area (Å²) in [6.07, 6.45) is 2.58. The van der Waals surface area contributed by atoms with E-state index in [4.69, 9.17) is 9.47 Å². The van der Waals surface area contributed by atoms with Crippen LogP contribution in [0.5, 0.6) is 11.5 Å². The van der Waals surface area contributed by atoms with Crippen molar-refractivity contribution in [2.24, 2.45) is 9.98 Å². The highest BCUT2D eigenvalue weighted by atomic mass is 16.5. The minimum atomic E-state index is 0.735. The highest BCUT2D eigenvalue weighted by Gasteiger charge is 2.03. The average Bonchev–Trinajstić information content (AvgIpc) is 2.38. The number of amidine groups is 1.